The van der Waals surface area contributed by atoms with E-state index in [0.29, 0.717) is 24.5 Å². The summed E-state index contributed by atoms with van der Waals surface area (Å²) in [6.45, 7) is 2.97. The van der Waals surface area contributed by atoms with Gasteiger partial charge in [0.25, 0.3) is 0 Å². The van der Waals surface area contributed by atoms with Crippen LogP contribution in [0.4, 0.5) is 25.0 Å². The lowest BCUT2D eigenvalue weighted by Crippen LogP contribution is -2.43. The molecular weight excluding hydrogens is 364 g/mol. The Bertz CT molecular complexity index is 817. The maximum absolute atomic E-state index is 13.0. The molecule has 1 atom stereocenters. The van der Waals surface area contributed by atoms with E-state index in [1.54, 1.807) is 4.90 Å². The molecule has 0 aliphatic carbocycles. The Balaban J connectivity index is 1.48. The summed E-state index contributed by atoms with van der Waals surface area (Å²) in [6, 6.07) is 11.1. The molecule has 2 N–H and O–H groups in total. The first-order valence-electron chi connectivity index (χ1n) is 9.30. The van der Waals surface area contributed by atoms with Crippen LogP contribution < -0.4 is 10.6 Å². The third kappa shape index (κ3) is 5.06. The number of benzene rings is 2. The van der Waals surface area contributed by atoms with E-state index in [1.165, 1.54) is 48.5 Å². The molecule has 3 rings (SSSR count). The molecule has 1 fully saturated rings. The Hall–Kier alpha value is -2.96. The molecule has 0 radical (unpaired) electrons. The number of hydrogen-bond acceptors (Lipinski definition) is 2. The second-order valence-electron chi connectivity index (χ2n) is 7.05. The van der Waals surface area contributed by atoms with E-state index in [1.807, 2.05) is 6.92 Å². The molecule has 2 aromatic rings. The predicted molar refractivity (Wildman–Crippen MR) is 104 cm³/mol. The number of rotatable bonds is 4. The van der Waals surface area contributed by atoms with Gasteiger partial charge in [0, 0.05) is 30.4 Å². The van der Waals surface area contributed by atoms with Gasteiger partial charge in [-0.3, -0.25) is 4.79 Å². The zero-order chi connectivity index (χ0) is 20.1. The number of piperidine rings is 1. The minimum Gasteiger partial charge on any atom is -0.326 e. The van der Waals surface area contributed by atoms with Crippen LogP contribution in [0.5, 0.6) is 0 Å². The molecular formula is C21H23F2N3O2. The number of amides is 3. The molecule has 1 heterocycles. The fraction of sp³-hybridized carbons (Fsp3) is 0.333. The van der Waals surface area contributed by atoms with Crippen molar-refractivity contribution in [1.82, 2.24) is 4.90 Å². The van der Waals surface area contributed by atoms with Gasteiger partial charge in [0.1, 0.15) is 11.6 Å². The van der Waals surface area contributed by atoms with Gasteiger partial charge in [-0.2, -0.15) is 0 Å². The van der Waals surface area contributed by atoms with Crippen molar-refractivity contribution in [2.45, 2.75) is 19.8 Å². The Labute approximate surface area is 162 Å². The number of carbonyl (C=O) groups excluding carboxylic acids is 2. The molecule has 1 saturated heterocycles. The Morgan fingerprint density at radius 1 is 0.893 bits per heavy atom. The average molecular weight is 387 g/mol. The van der Waals surface area contributed by atoms with Crippen molar-refractivity contribution in [2.24, 2.45) is 11.8 Å². The van der Waals surface area contributed by atoms with Crippen LogP contribution in [0.3, 0.4) is 0 Å². The van der Waals surface area contributed by atoms with Gasteiger partial charge in [0.15, 0.2) is 0 Å². The lowest BCUT2D eigenvalue weighted by molar-refractivity contribution is -0.121. The zero-order valence-electron chi connectivity index (χ0n) is 15.6. The minimum absolute atomic E-state index is 0.110. The molecule has 7 heteroatoms. The number of likely N-dealkylation sites (tertiary alicyclic amines) is 1. The lowest BCUT2D eigenvalue weighted by atomic mass is 9.85. The van der Waals surface area contributed by atoms with Crippen LogP contribution in [0.25, 0.3) is 0 Å². The molecule has 1 aliphatic heterocycles. The fourth-order valence-electron chi connectivity index (χ4n) is 3.34. The molecule has 0 saturated carbocycles. The number of urea groups is 1. The highest BCUT2D eigenvalue weighted by atomic mass is 19.1. The van der Waals surface area contributed by atoms with Crippen LogP contribution in [-0.2, 0) is 4.79 Å². The van der Waals surface area contributed by atoms with Crippen LogP contribution in [0, 0.1) is 23.5 Å². The summed E-state index contributed by atoms with van der Waals surface area (Å²) in [7, 11) is 0. The standard InChI is InChI=1S/C21H23F2N3O2/c1-14(20(27)24-18-6-2-16(22)3-7-18)15-10-12-26(13-11-15)21(28)25-19-8-4-17(23)5-9-19/h2-9,14-15H,10-13H2,1H3,(H,24,27)(H,25,28)/t14-/m0/s1. The van der Waals surface area contributed by atoms with Gasteiger partial charge in [-0.25, -0.2) is 13.6 Å². The van der Waals surface area contributed by atoms with E-state index in [0.717, 1.165) is 12.8 Å². The van der Waals surface area contributed by atoms with Gasteiger partial charge in [-0.05, 0) is 67.3 Å². The quantitative estimate of drug-likeness (QED) is 0.812. The second kappa shape index (κ2) is 8.82. The van der Waals surface area contributed by atoms with Gasteiger partial charge in [0.2, 0.25) is 5.91 Å². The first kappa shape index (κ1) is 19.8. The van der Waals surface area contributed by atoms with Gasteiger partial charge in [-0.15, -0.1) is 0 Å². The van der Waals surface area contributed by atoms with Crippen molar-refractivity contribution in [1.29, 1.82) is 0 Å². The van der Waals surface area contributed by atoms with Crippen LogP contribution >= 0.6 is 0 Å². The molecule has 5 nitrogen and oxygen atoms in total. The van der Waals surface area contributed by atoms with Crippen LogP contribution in [0.15, 0.2) is 48.5 Å². The van der Waals surface area contributed by atoms with Gasteiger partial charge in [-0.1, -0.05) is 6.92 Å². The fourth-order valence-corrected chi connectivity index (χ4v) is 3.34. The summed E-state index contributed by atoms with van der Waals surface area (Å²) in [6.07, 6.45) is 1.43. The molecule has 0 spiro atoms. The number of nitrogens with zero attached hydrogens (tertiary/aromatic N) is 1. The highest BCUT2D eigenvalue weighted by molar-refractivity contribution is 5.92. The van der Waals surface area contributed by atoms with Crippen molar-refractivity contribution < 1.29 is 18.4 Å². The highest BCUT2D eigenvalue weighted by Crippen LogP contribution is 2.26. The third-order valence-electron chi connectivity index (χ3n) is 5.15. The van der Waals surface area contributed by atoms with E-state index in [2.05, 4.69) is 10.6 Å². The van der Waals surface area contributed by atoms with Gasteiger partial charge >= 0.3 is 6.03 Å². The lowest BCUT2D eigenvalue weighted by Gasteiger charge is -2.34. The molecule has 1 aliphatic rings. The van der Waals surface area contributed by atoms with E-state index >= 15 is 0 Å². The molecule has 0 unspecified atom stereocenters. The largest absolute Gasteiger partial charge is 0.326 e. The number of anilines is 2. The summed E-state index contributed by atoms with van der Waals surface area (Å²) >= 11 is 0. The summed E-state index contributed by atoms with van der Waals surface area (Å²) in [5.74, 6) is -0.868. The summed E-state index contributed by atoms with van der Waals surface area (Å²) in [5, 5.41) is 5.56. The SMILES string of the molecule is C[C@H](C(=O)Nc1ccc(F)cc1)C1CCN(C(=O)Nc2ccc(F)cc2)CC1. The maximum atomic E-state index is 13.0. The first-order chi connectivity index (χ1) is 13.4. The van der Waals surface area contributed by atoms with Crippen LogP contribution in [0.1, 0.15) is 19.8 Å². The van der Waals surface area contributed by atoms with Crippen molar-refractivity contribution in [2.75, 3.05) is 23.7 Å². The predicted octanol–water partition coefficient (Wildman–Crippen LogP) is 4.48. The monoisotopic (exact) mass is 387 g/mol. The van der Waals surface area contributed by atoms with Crippen molar-refractivity contribution in [3.63, 3.8) is 0 Å². The zero-order valence-corrected chi connectivity index (χ0v) is 15.6. The van der Waals surface area contributed by atoms with Gasteiger partial charge < -0.3 is 15.5 Å². The molecule has 2 aromatic carbocycles. The summed E-state index contributed by atoms with van der Waals surface area (Å²) in [4.78, 5) is 26.5. The van der Waals surface area contributed by atoms with E-state index in [9.17, 15) is 18.4 Å². The summed E-state index contributed by atoms with van der Waals surface area (Å²) in [5.41, 5.74) is 1.11. The van der Waals surface area contributed by atoms with E-state index in [-0.39, 0.29) is 35.4 Å². The van der Waals surface area contributed by atoms with E-state index < -0.39 is 0 Å². The topological polar surface area (TPSA) is 61.4 Å². The molecule has 148 valence electrons. The maximum Gasteiger partial charge on any atom is 0.321 e. The number of nitrogens with one attached hydrogen (secondary N) is 2. The first-order valence-corrected chi connectivity index (χ1v) is 9.30. The van der Waals surface area contributed by atoms with Crippen molar-refractivity contribution in [3.05, 3.63) is 60.2 Å². The van der Waals surface area contributed by atoms with Gasteiger partial charge in [0.05, 0.1) is 0 Å². The number of halogens is 2. The Morgan fingerprint density at radius 2 is 1.36 bits per heavy atom. The van der Waals surface area contributed by atoms with Crippen LogP contribution in [-0.4, -0.2) is 29.9 Å². The molecule has 28 heavy (non-hydrogen) atoms. The Kier molecular flexibility index (Phi) is 6.23. The molecule has 0 aromatic heterocycles. The van der Waals surface area contributed by atoms with E-state index in [4.69, 9.17) is 0 Å². The number of hydrogen-bond donors (Lipinski definition) is 2. The molecule has 3 amide bonds. The normalized spacial score (nSPS) is 15.8. The minimum atomic E-state index is -0.355. The summed E-state index contributed by atoms with van der Waals surface area (Å²) < 4.78 is 25.9. The average Bonchev–Trinajstić information content (AvgIpc) is 2.71. The third-order valence-corrected chi connectivity index (χ3v) is 5.15. The Morgan fingerprint density at radius 3 is 1.86 bits per heavy atom. The van der Waals surface area contributed by atoms with Crippen molar-refractivity contribution in [3.8, 4) is 0 Å². The highest BCUT2D eigenvalue weighted by Gasteiger charge is 2.30. The van der Waals surface area contributed by atoms with Crippen molar-refractivity contribution >= 4 is 23.3 Å². The second-order valence-corrected chi connectivity index (χ2v) is 7.05. The smallest absolute Gasteiger partial charge is 0.321 e. The number of carbonyl (C=O) groups is 2. The molecule has 0 bridgehead atoms. The van der Waals surface area contributed by atoms with Crippen LogP contribution in [0.2, 0.25) is 0 Å².